The highest BCUT2D eigenvalue weighted by atomic mass is 16.3. The van der Waals surface area contributed by atoms with Gasteiger partial charge in [-0.2, -0.15) is 0 Å². The van der Waals surface area contributed by atoms with E-state index >= 15 is 0 Å². The van der Waals surface area contributed by atoms with Gasteiger partial charge in [-0.15, -0.1) is 0 Å². The van der Waals surface area contributed by atoms with Gasteiger partial charge in [0.05, 0.1) is 10.9 Å². The molecule has 0 spiro atoms. The van der Waals surface area contributed by atoms with Crippen molar-refractivity contribution in [2.75, 3.05) is 0 Å². The van der Waals surface area contributed by atoms with Crippen LogP contribution >= 0.6 is 0 Å². The molecular weight excluding hydrogens is 576 g/mol. The molecule has 3 heterocycles. The van der Waals surface area contributed by atoms with Gasteiger partial charge in [-0.25, -0.2) is 15.0 Å². The van der Waals surface area contributed by atoms with Crippen LogP contribution in [0.25, 0.3) is 99.3 Å². The van der Waals surface area contributed by atoms with Gasteiger partial charge in [0, 0.05) is 22.7 Å². The summed E-state index contributed by atoms with van der Waals surface area (Å²) in [6.07, 6.45) is 1.82. The molecule has 218 valence electrons. The Kier molecular flexibility index (Phi) is 5.51. The lowest BCUT2D eigenvalue weighted by Gasteiger charge is -2.14. The average Bonchev–Trinajstić information content (AvgIpc) is 3.54. The molecule has 0 saturated heterocycles. The lowest BCUT2D eigenvalue weighted by Crippen LogP contribution is -2.01. The molecule has 0 bridgehead atoms. The molecule has 0 aliphatic carbocycles. The van der Waals surface area contributed by atoms with Crippen LogP contribution in [-0.2, 0) is 0 Å². The summed E-state index contributed by atoms with van der Waals surface area (Å²) in [7, 11) is 0. The zero-order chi connectivity index (χ0) is 30.9. The van der Waals surface area contributed by atoms with Crippen LogP contribution in [0.3, 0.4) is 0 Å². The minimum absolute atomic E-state index is 0.533. The zero-order valence-corrected chi connectivity index (χ0v) is 25.1. The number of nitrogens with zero attached hydrogens (tertiary/aromatic N) is 4. The van der Waals surface area contributed by atoms with Gasteiger partial charge in [-0.3, -0.25) is 4.98 Å². The third-order valence-electron chi connectivity index (χ3n) is 9.14. The fourth-order valence-electron chi connectivity index (χ4n) is 6.99. The normalized spacial score (nSPS) is 11.8. The number of hydrogen-bond acceptors (Lipinski definition) is 5. The molecule has 0 aliphatic heterocycles. The van der Waals surface area contributed by atoms with Crippen molar-refractivity contribution in [3.05, 3.63) is 146 Å². The van der Waals surface area contributed by atoms with Gasteiger partial charge >= 0.3 is 0 Å². The van der Waals surface area contributed by atoms with Gasteiger partial charge in [0.1, 0.15) is 11.1 Å². The first-order valence-corrected chi connectivity index (χ1v) is 15.6. The van der Waals surface area contributed by atoms with E-state index in [1.807, 2.05) is 60.8 Å². The Morgan fingerprint density at radius 1 is 0.426 bits per heavy atom. The Hall–Kier alpha value is -6.46. The molecule has 0 atom stereocenters. The summed E-state index contributed by atoms with van der Waals surface area (Å²) in [4.78, 5) is 20.3. The molecule has 0 aliphatic rings. The third kappa shape index (κ3) is 3.97. The highest BCUT2D eigenvalue weighted by molar-refractivity contribution is 6.23. The maximum absolute atomic E-state index is 6.56. The molecule has 5 nitrogen and oxygen atoms in total. The minimum Gasteiger partial charge on any atom is -0.454 e. The van der Waals surface area contributed by atoms with Gasteiger partial charge in [0.15, 0.2) is 23.1 Å². The molecule has 47 heavy (non-hydrogen) atoms. The number of fused-ring (bicyclic) bond motifs is 10. The molecule has 5 heteroatoms. The van der Waals surface area contributed by atoms with Crippen molar-refractivity contribution < 1.29 is 4.42 Å². The largest absolute Gasteiger partial charge is 0.454 e. The fourth-order valence-corrected chi connectivity index (χ4v) is 6.99. The molecule has 3 aromatic heterocycles. The van der Waals surface area contributed by atoms with E-state index in [0.717, 1.165) is 65.5 Å². The quantitative estimate of drug-likeness (QED) is 0.189. The molecule has 0 N–H and O–H groups in total. The third-order valence-corrected chi connectivity index (χ3v) is 9.14. The standard InChI is InChI=1S/C42H24N4O/c1-2-12-27(13-3-1)40-44-41(33-22-23-43-38-37-31-17-9-5-11-26(31)19-21-35(37)47-39(33)38)46-42(45-40)34-24-28-14-6-7-15-29(28)32-20-18-25-10-4-8-16-30(25)36(32)34/h1-24H. The van der Waals surface area contributed by atoms with Crippen molar-refractivity contribution in [2.24, 2.45) is 0 Å². The summed E-state index contributed by atoms with van der Waals surface area (Å²) in [6, 6.07) is 48.1. The van der Waals surface area contributed by atoms with Gasteiger partial charge in [0.25, 0.3) is 0 Å². The van der Waals surface area contributed by atoms with Crippen molar-refractivity contribution in [1.82, 2.24) is 19.9 Å². The van der Waals surface area contributed by atoms with E-state index in [2.05, 4.69) is 84.9 Å². The highest BCUT2D eigenvalue weighted by Crippen LogP contribution is 2.41. The second kappa shape index (κ2) is 10.0. The summed E-state index contributed by atoms with van der Waals surface area (Å²) >= 11 is 0. The van der Waals surface area contributed by atoms with Crippen LogP contribution in [-0.4, -0.2) is 19.9 Å². The molecular formula is C42H24N4O. The summed E-state index contributed by atoms with van der Waals surface area (Å²) in [6.45, 7) is 0. The predicted octanol–water partition coefficient (Wildman–Crippen LogP) is 10.8. The van der Waals surface area contributed by atoms with E-state index in [1.165, 1.54) is 10.8 Å². The second-order valence-corrected chi connectivity index (χ2v) is 11.8. The molecule has 7 aromatic carbocycles. The smallest absolute Gasteiger partial charge is 0.167 e. The van der Waals surface area contributed by atoms with E-state index in [9.17, 15) is 0 Å². The van der Waals surface area contributed by atoms with Gasteiger partial charge in [0.2, 0.25) is 0 Å². The van der Waals surface area contributed by atoms with E-state index < -0.39 is 0 Å². The Morgan fingerprint density at radius 2 is 1.04 bits per heavy atom. The number of aromatic nitrogens is 4. The summed E-state index contributed by atoms with van der Waals surface area (Å²) in [5, 5.41) is 10.2. The highest BCUT2D eigenvalue weighted by Gasteiger charge is 2.21. The summed E-state index contributed by atoms with van der Waals surface area (Å²) in [5.74, 6) is 1.73. The van der Waals surface area contributed by atoms with Crippen LogP contribution < -0.4 is 0 Å². The predicted molar refractivity (Wildman–Crippen MR) is 191 cm³/mol. The van der Waals surface area contributed by atoms with Gasteiger partial charge < -0.3 is 4.42 Å². The Labute approximate surface area is 268 Å². The molecule has 10 aromatic rings. The number of benzene rings is 7. The molecule has 0 unspecified atom stereocenters. The molecule has 0 saturated carbocycles. The topological polar surface area (TPSA) is 64.7 Å². The first-order valence-electron chi connectivity index (χ1n) is 15.6. The fraction of sp³-hybridized carbons (Fsp3) is 0. The first kappa shape index (κ1) is 25.8. The Bertz CT molecular complexity index is 2860. The maximum Gasteiger partial charge on any atom is 0.167 e. The number of pyridine rings is 1. The van der Waals surface area contributed by atoms with Crippen LogP contribution in [0.1, 0.15) is 0 Å². The molecule has 0 fully saturated rings. The van der Waals surface area contributed by atoms with Crippen molar-refractivity contribution in [1.29, 1.82) is 0 Å². The summed E-state index contributed by atoms with van der Waals surface area (Å²) in [5.41, 5.74) is 4.86. The SMILES string of the molecule is c1ccc(-c2nc(-c3ccnc4c3oc3ccc5ccccc5c34)nc(-c3cc4ccccc4c4ccc5ccccc5c34)n2)cc1. The second-order valence-electron chi connectivity index (χ2n) is 11.8. The van der Waals surface area contributed by atoms with E-state index in [0.29, 0.717) is 23.1 Å². The van der Waals surface area contributed by atoms with E-state index in [1.54, 1.807) is 0 Å². The minimum atomic E-state index is 0.533. The van der Waals surface area contributed by atoms with Crippen LogP contribution in [0, 0.1) is 0 Å². The van der Waals surface area contributed by atoms with Gasteiger partial charge in [-0.05, 0) is 55.9 Å². The van der Waals surface area contributed by atoms with Crippen molar-refractivity contribution >= 4 is 65.2 Å². The number of rotatable bonds is 3. The average molecular weight is 601 g/mol. The zero-order valence-electron chi connectivity index (χ0n) is 25.1. The molecule has 0 amide bonds. The Balaban J connectivity index is 1.31. The van der Waals surface area contributed by atoms with Gasteiger partial charge in [-0.1, -0.05) is 121 Å². The first-order chi connectivity index (χ1) is 23.3. The van der Waals surface area contributed by atoms with E-state index in [4.69, 9.17) is 24.4 Å². The van der Waals surface area contributed by atoms with Crippen molar-refractivity contribution in [2.45, 2.75) is 0 Å². The number of hydrogen-bond donors (Lipinski definition) is 0. The van der Waals surface area contributed by atoms with Crippen LogP contribution in [0.5, 0.6) is 0 Å². The van der Waals surface area contributed by atoms with Crippen molar-refractivity contribution in [3.8, 4) is 34.2 Å². The lowest BCUT2D eigenvalue weighted by molar-refractivity contribution is 0.669. The molecule has 0 radical (unpaired) electrons. The Morgan fingerprint density at radius 3 is 1.83 bits per heavy atom. The van der Waals surface area contributed by atoms with Crippen LogP contribution in [0.4, 0.5) is 0 Å². The van der Waals surface area contributed by atoms with Crippen molar-refractivity contribution in [3.63, 3.8) is 0 Å². The monoisotopic (exact) mass is 600 g/mol. The van der Waals surface area contributed by atoms with Crippen LogP contribution in [0.2, 0.25) is 0 Å². The van der Waals surface area contributed by atoms with Crippen LogP contribution in [0.15, 0.2) is 150 Å². The number of furan rings is 1. The van der Waals surface area contributed by atoms with E-state index in [-0.39, 0.29) is 0 Å². The lowest BCUT2D eigenvalue weighted by atomic mass is 9.92. The summed E-state index contributed by atoms with van der Waals surface area (Å²) < 4.78 is 6.56. The molecule has 10 rings (SSSR count). The maximum atomic E-state index is 6.56.